The van der Waals surface area contributed by atoms with Gasteiger partial charge in [-0.3, -0.25) is 4.79 Å². The number of carbonyl (C=O) groups excluding carboxylic acids is 1. The molecule has 1 amide bonds. The van der Waals surface area contributed by atoms with Gasteiger partial charge in [-0.1, -0.05) is 6.07 Å². The van der Waals surface area contributed by atoms with Gasteiger partial charge in [0.1, 0.15) is 25.4 Å². The zero-order chi connectivity index (χ0) is 15.7. The average molecular weight is 309 g/mol. The van der Waals surface area contributed by atoms with Crippen LogP contribution in [0, 0.1) is 0 Å². The molecule has 2 aliphatic heterocycles. The molecule has 1 fully saturated rings. The largest absolute Gasteiger partial charge is 0.486 e. The number of hydrogen-bond acceptors (Lipinski definition) is 6. The second-order valence-corrected chi connectivity index (χ2v) is 5.41. The third kappa shape index (κ3) is 2.63. The summed E-state index contributed by atoms with van der Waals surface area (Å²) in [5.41, 5.74) is 0.368. The summed E-state index contributed by atoms with van der Waals surface area (Å²) in [4.78, 5) is 14.1. The van der Waals surface area contributed by atoms with Crippen molar-refractivity contribution in [3.8, 4) is 11.5 Å². The van der Waals surface area contributed by atoms with Crippen LogP contribution in [0.25, 0.3) is 0 Å². The maximum atomic E-state index is 12.7. The highest BCUT2D eigenvalue weighted by molar-refractivity contribution is 5.98. The third-order valence-electron chi connectivity index (χ3n) is 3.98. The maximum Gasteiger partial charge on any atom is 0.257 e. The Hall–Kier alpha value is -1.83. The fourth-order valence-electron chi connectivity index (χ4n) is 2.69. The Kier molecular flexibility index (Phi) is 4.19. The molecule has 7 nitrogen and oxygen atoms in total. The summed E-state index contributed by atoms with van der Waals surface area (Å²) < 4.78 is 16.2. The molecule has 7 heteroatoms. The van der Waals surface area contributed by atoms with E-state index in [0.29, 0.717) is 30.3 Å². The predicted octanol–water partition coefficient (Wildman–Crippen LogP) is -0.350. The van der Waals surface area contributed by atoms with Crippen molar-refractivity contribution in [2.75, 3.05) is 33.5 Å². The number of para-hydroxylation sites is 1. The summed E-state index contributed by atoms with van der Waals surface area (Å²) in [5.74, 6) is 0.632. The van der Waals surface area contributed by atoms with Gasteiger partial charge in [0.25, 0.3) is 5.91 Å². The fourth-order valence-corrected chi connectivity index (χ4v) is 2.69. The van der Waals surface area contributed by atoms with E-state index in [0.717, 1.165) is 0 Å². The summed E-state index contributed by atoms with van der Waals surface area (Å²) in [6.07, 6.45) is -2.04. The topological polar surface area (TPSA) is 88.5 Å². The molecule has 1 aromatic carbocycles. The van der Waals surface area contributed by atoms with Crippen LogP contribution in [0.1, 0.15) is 10.4 Å². The molecule has 1 aromatic rings. The first-order valence-corrected chi connectivity index (χ1v) is 7.19. The Balaban J connectivity index is 1.84. The van der Waals surface area contributed by atoms with E-state index in [9.17, 15) is 15.0 Å². The average Bonchev–Trinajstić information content (AvgIpc) is 2.55. The van der Waals surface area contributed by atoms with E-state index in [2.05, 4.69) is 0 Å². The van der Waals surface area contributed by atoms with E-state index in [1.165, 1.54) is 4.90 Å². The summed E-state index contributed by atoms with van der Waals surface area (Å²) in [7, 11) is 1.57. The predicted molar refractivity (Wildman–Crippen MR) is 76.1 cm³/mol. The van der Waals surface area contributed by atoms with E-state index in [1.807, 2.05) is 0 Å². The highest BCUT2D eigenvalue weighted by Gasteiger charge is 2.37. The molecular formula is C15H19NO6. The normalized spacial score (nSPS) is 27.3. The lowest BCUT2D eigenvalue weighted by molar-refractivity contribution is -0.122. The Morgan fingerprint density at radius 1 is 1.23 bits per heavy atom. The summed E-state index contributed by atoms with van der Waals surface area (Å²) in [6, 6.07) is 4.50. The lowest BCUT2D eigenvalue weighted by Gasteiger charge is -2.37. The molecule has 0 aromatic heterocycles. The van der Waals surface area contributed by atoms with Crippen LogP contribution in [0.2, 0.25) is 0 Å². The van der Waals surface area contributed by atoms with E-state index in [1.54, 1.807) is 25.2 Å². The molecule has 2 heterocycles. The van der Waals surface area contributed by atoms with Crippen LogP contribution in [0.3, 0.4) is 0 Å². The minimum absolute atomic E-state index is 0.0668. The van der Waals surface area contributed by atoms with Gasteiger partial charge in [0.15, 0.2) is 11.5 Å². The lowest BCUT2D eigenvalue weighted by Crippen LogP contribution is -2.56. The van der Waals surface area contributed by atoms with Gasteiger partial charge in [0.05, 0.1) is 24.8 Å². The molecule has 2 aliphatic rings. The van der Waals surface area contributed by atoms with Gasteiger partial charge in [0, 0.05) is 7.05 Å². The highest BCUT2D eigenvalue weighted by atomic mass is 16.6. The standard InChI is InChI=1S/C15H19NO6/c1-16(10-7-20-8-11(17)13(10)18)15(19)9-3-2-4-12-14(9)22-6-5-21-12/h2-4,10-11,13,17-18H,5-8H2,1H3/t10-,11-,13+/m1/s1. The van der Waals surface area contributed by atoms with Gasteiger partial charge in [-0.2, -0.15) is 0 Å². The number of ether oxygens (including phenoxy) is 3. The van der Waals surface area contributed by atoms with E-state index in [4.69, 9.17) is 14.2 Å². The van der Waals surface area contributed by atoms with Gasteiger partial charge in [-0.25, -0.2) is 0 Å². The smallest absolute Gasteiger partial charge is 0.257 e. The quantitative estimate of drug-likeness (QED) is 0.776. The van der Waals surface area contributed by atoms with E-state index < -0.39 is 18.2 Å². The fraction of sp³-hybridized carbons (Fsp3) is 0.533. The molecule has 0 unspecified atom stereocenters. The van der Waals surface area contributed by atoms with Gasteiger partial charge >= 0.3 is 0 Å². The molecule has 2 N–H and O–H groups in total. The number of nitrogens with zero attached hydrogens (tertiary/aromatic N) is 1. The van der Waals surface area contributed by atoms with Crippen molar-refractivity contribution in [2.45, 2.75) is 18.2 Å². The number of hydrogen-bond donors (Lipinski definition) is 2. The number of aliphatic hydroxyl groups excluding tert-OH is 2. The van der Waals surface area contributed by atoms with Gasteiger partial charge < -0.3 is 29.3 Å². The summed E-state index contributed by atoms with van der Waals surface area (Å²) in [5, 5.41) is 19.7. The highest BCUT2D eigenvalue weighted by Crippen LogP contribution is 2.34. The van der Waals surface area contributed by atoms with Crippen molar-refractivity contribution in [2.24, 2.45) is 0 Å². The minimum atomic E-state index is -1.04. The zero-order valence-corrected chi connectivity index (χ0v) is 12.3. The second-order valence-electron chi connectivity index (χ2n) is 5.41. The monoisotopic (exact) mass is 309 g/mol. The van der Waals surface area contributed by atoms with Crippen molar-refractivity contribution in [3.63, 3.8) is 0 Å². The van der Waals surface area contributed by atoms with Crippen LogP contribution in [-0.4, -0.2) is 72.7 Å². The third-order valence-corrected chi connectivity index (χ3v) is 3.98. The lowest BCUT2D eigenvalue weighted by atomic mass is 10.0. The van der Waals surface area contributed by atoms with Crippen molar-refractivity contribution >= 4 is 5.91 Å². The first-order valence-electron chi connectivity index (χ1n) is 7.19. The first-order chi connectivity index (χ1) is 10.6. The molecule has 0 saturated carbocycles. The molecule has 120 valence electrons. The second kappa shape index (κ2) is 6.12. The number of likely N-dealkylation sites (N-methyl/N-ethyl adjacent to an activating group) is 1. The minimum Gasteiger partial charge on any atom is -0.486 e. The molecular weight excluding hydrogens is 290 g/mol. The van der Waals surface area contributed by atoms with Crippen molar-refractivity contribution in [1.29, 1.82) is 0 Å². The number of carbonyl (C=O) groups is 1. The SMILES string of the molecule is CN(C(=O)c1cccc2c1OCCO2)[C@@H]1COC[C@@H](O)[C@H]1O. The van der Waals surface area contributed by atoms with Crippen molar-refractivity contribution in [3.05, 3.63) is 23.8 Å². The molecule has 1 saturated heterocycles. The molecule has 3 rings (SSSR count). The molecule has 3 atom stereocenters. The van der Waals surface area contributed by atoms with Crippen LogP contribution in [0.5, 0.6) is 11.5 Å². The molecule has 0 spiro atoms. The van der Waals surface area contributed by atoms with Gasteiger partial charge in [0.2, 0.25) is 0 Å². The molecule has 0 aliphatic carbocycles. The zero-order valence-electron chi connectivity index (χ0n) is 12.3. The maximum absolute atomic E-state index is 12.7. The molecule has 0 radical (unpaired) electrons. The van der Waals surface area contributed by atoms with Crippen LogP contribution >= 0.6 is 0 Å². The first kappa shape index (κ1) is 15.1. The number of rotatable bonds is 2. The number of amides is 1. The Labute approximate surface area is 128 Å². The molecule has 0 bridgehead atoms. The number of benzene rings is 1. The number of fused-ring (bicyclic) bond motifs is 1. The Morgan fingerprint density at radius 3 is 2.82 bits per heavy atom. The molecule has 22 heavy (non-hydrogen) atoms. The van der Waals surface area contributed by atoms with Crippen LogP contribution in [0.4, 0.5) is 0 Å². The van der Waals surface area contributed by atoms with Crippen LogP contribution < -0.4 is 9.47 Å². The van der Waals surface area contributed by atoms with Gasteiger partial charge in [-0.15, -0.1) is 0 Å². The van der Waals surface area contributed by atoms with Crippen molar-refractivity contribution < 1.29 is 29.2 Å². The van der Waals surface area contributed by atoms with Crippen LogP contribution in [-0.2, 0) is 4.74 Å². The van der Waals surface area contributed by atoms with Crippen molar-refractivity contribution in [1.82, 2.24) is 4.90 Å². The van der Waals surface area contributed by atoms with E-state index in [-0.39, 0.29) is 19.1 Å². The summed E-state index contributed by atoms with van der Waals surface area (Å²) in [6.45, 7) is 1.07. The van der Waals surface area contributed by atoms with Gasteiger partial charge in [-0.05, 0) is 12.1 Å². The van der Waals surface area contributed by atoms with Crippen LogP contribution in [0.15, 0.2) is 18.2 Å². The van der Waals surface area contributed by atoms with E-state index >= 15 is 0 Å². The Bertz CT molecular complexity index is 563. The Morgan fingerprint density at radius 2 is 2.00 bits per heavy atom. The summed E-state index contributed by atoms with van der Waals surface area (Å²) >= 11 is 0. The number of aliphatic hydroxyl groups is 2.